The highest BCUT2D eigenvalue weighted by atomic mass is 16.5. The topological polar surface area (TPSA) is 170 Å². The molecule has 4 N–H and O–H groups in total. The molecule has 2 rings (SSSR count). The van der Waals surface area contributed by atoms with E-state index in [4.69, 9.17) is 19.9 Å². The third-order valence-electron chi connectivity index (χ3n) is 10.1. The zero-order chi connectivity index (χ0) is 38.6. The van der Waals surface area contributed by atoms with Crippen molar-refractivity contribution in [3.63, 3.8) is 0 Å². The van der Waals surface area contributed by atoms with Gasteiger partial charge in [0.25, 0.3) is 0 Å². The molecule has 1 aromatic carbocycles. The highest BCUT2D eigenvalue weighted by Gasteiger charge is 2.43. The molecule has 1 aliphatic heterocycles. The minimum absolute atomic E-state index is 0.00728. The van der Waals surface area contributed by atoms with Crippen molar-refractivity contribution >= 4 is 29.6 Å². The van der Waals surface area contributed by atoms with E-state index in [1.165, 1.54) is 21.3 Å². The molecule has 0 aliphatic carbocycles. The van der Waals surface area contributed by atoms with E-state index >= 15 is 0 Å². The molecule has 13 nitrogen and oxygen atoms in total. The lowest BCUT2D eigenvalue weighted by atomic mass is 9.89. The number of carbonyl (C=O) groups is 5. The van der Waals surface area contributed by atoms with Gasteiger partial charge in [-0.3, -0.25) is 19.2 Å². The van der Waals surface area contributed by atoms with E-state index in [0.717, 1.165) is 12.0 Å². The van der Waals surface area contributed by atoms with Crippen molar-refractivity contribution in [3.8, 4) is 0 Å². The molecule has 1 fully saturated rings. The fourth-order valence-corrected chi connectivity index (χ4v) is 6.85. The number of rotatable bonds is 19. The Morgan fingerprint density at radius 3 is 2.14 bits per heavy atom. The Kier molecular flexibility index (Phi) is 17.0. The van der Waals surface area contributed by atoms with Crippen molar-refractivity contribution in [1.29, 1.82) is 0 Å². The Labute approximate surface area is 304 Å². The number of amides is 4. The summed E-state index contributed by atoms with van der Waals surface area (Å²) in [6.45, 7) is 13.1. The van der Waals surface area contributed by atoms with Gasteiger partial charge in [-0.05, 0) is 44.1 Å². The SMILES string of the molecule is CC[C@H](C)[C@@H](C(CC(=O)N1CCC[C@H]1C(OC)[C@@H](C)C(=O)N[C@@H](Cc1ccccc1)C(=O)OC)OC)N(C)C(=O)[C@@H](NC(=O)C(C)(C)N)C(C)C. The van der Waals surface area contributed by atoms with Crippen molar-refractivity contribution < 1.29 is 38.2 Å². The molecule has 0 aromatic heterocycles. The summed E-state index contributed by atoms with van der Waals surface area (Å²) in [6, 6.07) is 6.76. The van der Waals surface area contributed by atoms with Gasteiger partial charge in [-0.1, -0.05) is 71.4 Å². The summed E-state index contributed by atoms with van der Waals surface area (Å²) in [5.41, 5.74) is 5.72. The van der Waals surface area contributed by atoms with Crippen molar-refractivity contribution in [2.75, 3.05) is 34.9 Å². The molecule has 51 heavy (non-hydrogen) atoms. The van der Waals surface area contributed by atoms with Crippen LogP contribution >= 0.6 is 0 Å². The molecule has 1 aromatic rings. The van der Waals surface area contributed by atoms with Gasteiger partial charge in [0.15, 0.2) is 0 Å². The monoisotopic (exact) mass is 717 g/mol. The van der Waals surface area contributed by atoms with Crippen LogP contribution in [0.3, 0.4) is 0 Å². The second-order valence-corrected chi connectivity index (χ2v) is 14.8. The first-order valence-corrected chi connectivity index (χ1v) is 18.1. The van der Waals surface area contributed by atoms with Gasteiger partial charge in [-0.15, -0.1) is 0 Å². The van der Waals surface area contributed by atoms with Gasteiger partial charge < -0.3 is 40.4 Å². The van der Waals surface area contributed by atoms with Gasteiger partial charge in [0.2, 0.25) is 23.6 Å². The Morgan fingerprint density at radius 1 is 1.00 bits per heavy atom. The van der Waals surface area contributed by atoms with E-state index in [2.05, 4.69) is 10.6 Å². The lowest BCUT2D eigenvalue weighted by molar-refractivity contribution is -0.149. The van der Waals surface area contributed by atoms with Crippen molar-refractivity contribution in [3.05, 3.63) is 35.9 Å². The Balaban J connectivity index is 2.27. The van der Waals surface area contributed by atoms with Crippen LogP contribution < -0.4 is 16.4 Å². The summed E-state index contributed by atoms with van der Waals surface area (Å²) in [6.07, 6.45) is 1.02. The highest BCUT2D eigenvalue weighted by Crippen LogP contribution is 2.30. The number of nitrogens with zero attached hydrogens (tertiary/aromatic N) is 2. The van der Waals surface area contributed by atoms with E-state index in [0.29, 0.717) is 19.4 Å². The Bertz CT molecular complexity index is 1300. The fourth-order valence-electron chi connectivity index (χ4n) is 6.85. The standard InChI is InChI=1S/C38H63N5O8/c1-12-24(4)32(42(8)35(46)31(23(2)3)41-37(48)38(6,7)39)29(49-9)22-30(44)43-20-16-19-28(43)33(50-10)25(5)34(45)40-27(36(47)51-11)21-26-17-14-13-15-18-26/h13-15,17-18,23-25,27-29,31-33H,12,16,19-22,39H2,1-11H3,(H,40,45)(H,41,48)/t24-,25+,27-,28-,29?,31-,32-,33?/m0/s1. The minimum Gasteiger partial charge on any atom is -0.467 e. The fraction of sp³-hybridized carbons (Fsp3) is 0.711. The first kappa shape index (κ1) is 43.6. The maximum Gasteiger partial charge on any atom is 0.328 e. The van der Waals surface area contributed by atoms with E-state index < -0.39 is 59.7 Å². The molecule has 1 saturated heterocycles. The number of hydrogen-bond donors (Lipinski definition) is 3. The van der Waals surface area contributed by atoms with E-state index in [-0.39, 0.29) is 42.4 Å². The summed E-state index contributed by atoms with van der Waals surface area (Å²) in [5, 5.41) is 5.67. The average Bonchev–Trinajstić information content (AvgIpc) is 3.58. The first-order chi connectivity index (χ1) is 23.9. The maximum absolute atomic E-state index is 14.1. The van der Waals surface area contributed by atoms with Crippen LogP contribution in [0, 0.1) is 17.8 Å². The van der Waals surface area contributed by atoms with Crippen LogP contribution in [-0.4, -0.2) is 116 Å². The predicted molar refractivity (Wildman–Crippen MR) is 195 cm³/mol. The lowest BCUT2D eigenvalue weighted by Gasteiger charge is -2.41. The molecule has 1 aliphatic rings. The van der Waals surface area contributed by atoms with Crippen LogP contribution in [0.5, 0.6) is 0 Å². The molecule has 1 heterocycles. The van der Waals surface area contributed by atoms with E-state index in [9.17, 15) is 24.0 Å². The molecule has 2 unspecified atom stereocenters. The molecule has 8 atom stereocenters. The van der Waals surface area contributed by atoms with E-state index in [1.54, 1.807) is 37.6 Å². The number of ether oxygens (including phenoxy) is 3. The summed E-state index contributed by atoms with van der Waals surface area (Å²) in [5.74, 6) is -2.81. The minimum atomic E-state index is -1.17. The zero-order valence-electron chi connectivity index (χ0n) is 32.6. The summed E-state index contributed by atoms with van der Waals surface area (Å²) in [4.78, 5) is 70.4. The van der Waals surface area contributed by atoms with Gasteiger partial charge in [0.1, 0.15) is 12.1 Å². The highest BCUT2D eigenvalue weighted by molar-refractivity contribution is 5.92. The molecule has 13 heteroatoms. The molecule has 4 amide bonds. The number of esters is 1. The van der Waals surface area contributed by atoms with Gasteiger partial charge in [0.05, 0.1) is 49.3 Å². The van der Waals surface area contributed by atoms with Crippen molar-refractivity contribution in [2.45, 2.75) is 122 Å². The van der Waals surface area contributed by atoms with Gasteiger partial charge in [-0.2, -0.15) is 0 Å². The maximum atomic E-state index is 14.1. The van der Waals surface area contributed by atoms with Crippen molar-refractivity contribution in [1.82, 2.24) is 20.4 Å². The summed E-state index contributed by atoms with van der Waals surface area (Å²) < 4.78 is 16.8. The number of likely N-dealkylation sites (N-methyl/N-ethyl adjacent to an activating group) is 1. The summed E-state index contributed by atoms with van der Waals surface area (Å²) in [7, 11) is 6.02. The molecule has 288 valence electrons. The Morgan fingerprint density at radius 2 is 1.63 bits per heavy atom. The number of likely N-dealkylation sites (tertiary alicyclic amines) is 1. The molecule has 0 saturated carbocycles. The number of nitrogens with two attached hydrogens (primary N) is 1. The van der Waals surface area contributed by atoms with Crippen LogP contribution in [0.15, 0.2) is 30.3 Å². The molecule has 0 radical (unpaired) electrons. The second kappa shape index (κ2) is 19.9. The molecule has 0 bridgehead atoms. The molecular weight excluding hydrogens is 654 g/mol. The predicted octanol–water partition coefficient (Wildman–Crippen LogP) is 2.69. The molecular formula is C38H63N5O8. The number of hydrogen-bond acceptors (Lipinski definition) is 9. The smallest absolute Gasteiger partial charge is 0.328 e. The Hall–Kier alpha value is -3.55. The third-order valence-corrected chi connectivity index (χ3v) is 10.1. The van der Waals surface area contributed by atoms with Crippen LogP contribution in [-0.2, 0) is 44.6 Å². The van der Waals surface area contributed by atoms with Crippen LogP contribution in [0.4, 0.5) is 0 Å². The number of methoxy groups -OCH3 is 3. The number of nitrogens with one attached hydrogen (secondary N) is 2. The van der Waals surface area contributed by atoms with Gasteiger partial charge in [-0.25, -0.2) is 4.79 Å². The first-order valence-electron chi connectivity index (χ1n) is 18.1. The largest absolute Gasteiger partial charge is 0.467 e. The van der Waals surface area contributed by atoms with E-state index in [1.807, 2.05) is 58.0 Å². The lowest BCUT2D eigenvalue weighted by Crippen LogP contribution is -2.60. The summed E-state index contributed by atoms with van der Waals surface area (Å²) >= 11 is 0. The van der Waals surface area contributed by atoms with Crippen LogP contribution in [0.2, 0.25) is 0 Å². The molecule has 0 spiro atoms. The second-order valence-electron chi connectivity index (χ2n) is 14.8. The van der Waals surface area contributed by atoms with Crippen LogP contribution in [0.1, 0.15) is 79.7 Å². The van der Waals surface area contributed by atoms with Crippen LogP contribution in [0.25, 0.3) is 0 Å². The number of carbonyl (C=O) groups excluding carboxylic acids is 5. The third kappa shape index (κ3) is 11.7. The average molecular weight is 718 g/mol. The normalized spacial score (nSPS) is 18.9. The van der Waals surface area contributed by atoms with Gasteiger partial charge in [0, 0.05) is 34.2 Å². The zero-order valence-corrected chi connectivity index (χ0v) is 32.6. The van der Waals surface area contributed by atoms with Gasteiger partial charge >= 0.3 is 5.97 Å². The quantitative estimate of drug-likeness (QED) is 0.182. The number of benzene rings is 1. The van der Waals surface area contributed by atoms with Crippen molar-refractivity contribution in [2.24, 2.45) is 23.5 Å².